The Morgan fingerprint density at radius 1 is 1.26 bits per heavy atom. The Hall–Kier alpha value is -3.13. The lowest BCUT2D eigenvalue weighted by Crippen LogP contribution is -2.53. The molecule has 0 aliphatic carbocycles. The second kappa shape index (κ2) is 7.85. The van der Waals surface area contributed by atoms with Gasteiger partial charge in [0.25, 0.3) is 5.56 Å². The average Bonchev–Trinajstić information content (AvgIpc) is 3.45. The number of carbonyl (C=O) groups excluding carboxylic acids is 1. The Morgan fingerprint density at radius 3 is 2.90 bits per heavy atom. The first-order chi connectivity index (χ1) is 15.0. The van der Waals surface area contributed by atoms with Crippen LogP contribution in [-0.2, 0) is 11.3 Å². The zero-order valence-electron chi connectivity index (χ0n) is 17.8. The number of aromatic nitrogens is 3. The molecule has 0 radical (unpaired) electrons. The second-order valence-electron chi connectivity index (χ2n) is 8.58. The van der Waals surface area contributed by atoms with Crippen LogP contribution in [0.2, 0.25) is 0 Å². The van der Waals surface area contributed by atoms with Gasteiger partial charge in [-0.25, -0.2) is 0 Å². The number of aromatic amines is 1. The van der Waals surface area contributed by atoms with Gasteiger partial charge in [-0.3, -0.25) is 24.2 Å². The molecule has 1 saturated heterocycles. The van der Waals surface area contributed by atoms with E-state index in [0.717, 1.165) is 42.4 Å². The number of rotatable bonds is 5. The quantitative estimate of drug-likeness (QED) is 0.684. The molecule has 0 spiro atoms. The van der Waals surface area contributed by atoms with Gasteiger partial charge in [-0.15, -0.1) is 0 Å². The molecule has 162 valence electrons. The lowest BCUT2D eigenvalue weighted by atomic mass is 9.78. The van der Waals surface area contributed by atoms with Crippen molar-refractivity contribution in [2.24, 2.45) is 5.92 Å². The first-order valence-corrected chi connectivity index (χ1v) is 10.8. The molecule has 0 unspecified atom stereocenters. The van der Waals surface area contributed by atoms with Crippen molar-refractivity contribution in [3.8, 4) is 11.5 Å². The minimum Gasteiger partial charge on any atom is -0.458 e. The van der Waals surface area contributed by atoms with Crippen molar-refractivity contribution in [1.82, 2.24) is 24.6 Å². The molecule has 2 aliphatic rings. The molecule has 2 aliphatic heterocycles. The van der Waals surface area contributed by atoms with Crippen molar-refractivity contribution in [2.45, 2.75) is 31.8 Å². The van der Waals surface area contributed by atoms with Crippen LogP contribution in [0, 0.1) is 5.92 Å². The molecule has 5 heterocycles. The van der Waals surface area contributed by atoms with E-state index in [2.05, 4.69) is 15.1 Å². The first kappa shape index (κ1) is 19.8. The van der Waals surface area contributed by atoms with Gasteiger partial charge in [-0.2, -0.15) is 5.10 Å². The van der Waals surface area contributed by atoms with Crippen molar-refractivity contribution < 1.29 is 9.21 Å². The number of amides is 1. The number of likely N-dealkylation sites (N-methyl/N-ethyl adjacent to an activating group) is 1. The third kappa shape index (κ3) is 3.50. The monoisotopic (exact) mass is 421 g/mol. The van der Waals surface area contributed by atoms with Crippen LogP contribution >= 0.6 is 0 Å². The fourth-order valence-electron chi connectivity index (χ4n) is 5.08. The number of hydrogen-bond acceptors (Lipinski definition) is 5. The number of carbonyl (C=O) groups is 1. The molecule has 8 heteroatoms. The fourth-order valence-corrected chi connectivity index (χ4v) is 5.08. The molecule has 0 aromatic carbocycles. The van der Waals surface area contributed by atoms with Crippen molar-refractivity contribution in [2.75, 3.05) is 26.7 Å². The Bertz CT molecular complexity index is 1130. The molecule has 1 fully saturated rings. The molecular weight excluding hydrogens is 394 g/mol. The van der Waals surface area contributed by atoms with Crippen LogP contribution in [0.5, 0.6) is 0 Å². The van der Waals surface area contributed by atoms with Gasteiger partial charge in [0.2, 0.25) is 5.91 Å². The molecular formula is C23H27N5O3. The van der Waals surface area contributed by atoms with Crippen molar-refractivity contribution >= 4 is 5.91 Å². The number of pyridine rings is 1. The third-order valence-electron chi connectivity index (χ3n) is 6.63. The Labute approximate surface area is 180 Å². The highest BCUT2D eigenvalue weighted by Gasteiger charge is 2.44. The maximum Gasteiger partial charge on any atom is 0.251 e. The summed E-state index contributed by atoms with van der Waals surface area (Å²) in [5.74, 6) is 1.98. The van der Waals surface area contributed by atoms with E-state index < -0.39 is 6.04 Å². The Balaban J connectivity index is 1.43. The van der Waals surface area contributed by atoms with Crippen LogP contribution in [0.15, 0.2) is 51.8 Å². The number of H-pyrrole nitrogens is 1. The van der Waals surface area contributed by atoms with E-state index >= 15 is 0 Å². The number of fused-ring (bicyclic) bond motifs is 4. The number of furan rings is 1. The molecule has 5 rings (SSSR count). The van der Waals surface area contributed by atoms with Gasteiger partial charge in [0.05, 0.1) is 6.54 Å². The van der Waals surface area contributed by atoms with Crippen molar-refractivity contribution in [3.05, 3.63) is 64.4 Å². The predicted molar refractivity (Wildman–Crippen MR) is 115 cm³/mol. The largest absolute Gasteiger partial charge is 0.458 e. The summed E-state index contributed by atoms with van der Waals surface area (Å²) in [6.07, 6.45) is 2.62. The van der Waals surface area contributed by atoms with E-state index in [9.17, 15) is 9.59 Å². The van der Waals surface area contributed by atoms with Crippen LogP contribution in [0.25, 0.3) is 11.5 Å². The fraction of sp³-hybridized carbons (Fsp3) is 0.435. The van der Waals surface area contributed by atoms with E-state index in [4.69, 9.17) is 4.42 Å². The molecule has 8 nitrogen and oxygen atoms in total. The van der Waals surface area contributed by atoms with Gasteiger partial charge in [0, 0.05) is 56.5 Å². The van der Waals surface area contributed by atoms with Crippen LogP contribution < -0.4 is 5.56 Å². The number of hydrogen-bond donors (Lipinski definition) is 1. The summed E-state index contributed by atoms with van der Waals surface area (Å²) in [5, 5.41) is 6.90. The van der Waals surface area contributed by atoms with Gasteiger partial charge in [-0.1, -0.05) is 6.07 Å². The number of nitrogens with zero attached hydrogens (tertiary/aromatic N) is 4. The summed E-state index contributed by atoms with van der Waals surface area (Å²) in [5.41, 5.74) is 1.73. The molecule has 3 atom stereocenters. The summed E-state index contributed by atoms with van der Waals surface area (Å²) in [6.45, 7) is 4.84. The zero-order chi connectivity index (χ0) is 21.5. The van der Waals surface area contributed by atoms with Gasteiger partial charge in [-0.05, 0) is 37.6 Å². The highest BCUT2D eigenvalue weighted by molar-refractivity contribution is 5.81. The maximum absolute atomic E-state index is 13.3. The van der Waals surface area contributed by atoms with Crippen LogP contribution in [-0.4, -0.2) is 57.2 Å². The highest BCUT2D eigenvalue weighted by Crippen LogP contribution is 2.42. The number of piperidine rings is 1. The summed E-state index contributed by atoms with van der Waals surface area (Å²) in [4.78, 5) is 30.1. The van der Waals surface area contributed by atoms with Crippen molar-refractivity contribution in [3.63, 3.8) is 0 Å². The molecule has 1 N–H and O–H groups in total. The average molecular weight is 422 g/mol. The molecule has 2 bridgehead atoms. The normalized spacial score (nSPS) is 22.8. The minimum absolute atomic E-state index is 0.0156. The highest BCUT2D eigenvalue weighted by atomic mass is 16.3. The van der Waals surface area contributed by atoms with Crippen LogP contribution in [0.4, 0.5) is 0 Å². The summed E-state index contributed by atoms with van der Waals surface area (Å²) in [7, 11) is 1.81. The number of likely N-dealkylation sites (tertiary alicyclic amines) is 1. The smallest absolute Gasteiger partial charge is 0.251 e. The topological polar surface area (TPSA) is 87.4 Å². The molecule has 3 aromatic heterocycles. The lowest BCUT2D eigenvalue weighted by Gasteiger charge is -2.46. The summed E-state index contributed by atoms with van der Waals surface area (Å²) >= 11 is 0. The van der Waals surface area contributed by atoms with Gasteiger partial charge in [0.15, 0.2) is 5.76 Å². The lowest BCUT2D eigenvalue weighted by molar-refractivity contribution is -0.137. The summed E-state index contributed by atoms with van der Waals surface area (Å²) in [6, 6.07) is 10.7. The van der Waals surface area contributed by atoms with E-state index in [1.54, 1.807) is 21.7 Å². The second-order valence-corrected chi connectivity index (χ2v) is 8.58. The maximum atomic E-state index is 13.3. The first-order valence-electron chi connectivity index (χ1n) is 10.8. The van der Waals surface area contributed by atoms with Gasteiger partial charge < -0.3 is 9.32 Å². The van der Waals surface area contributed by atoms with Crippen LogP contribution in [0.1, 0.15) is 36.8 Å². The Morgan fingerprint density at radius 2 is 2.13 bits per heavy atom. The van der Waals surface area contributed by atoms with Crippen molar-refractivity contribution in [1.29, 1.82) is 0 Å². The SMILES string of the molecule is CCN(C)C(=O)[C@H]1[C@H]2C[C@H](CN(Cc3ccc(-c4ccn[nH]4)o3)C2)c2cccc(=O)n21. The third-order valence-corrected chi connectivity index (χ3v) is 6.63. The zero-order valence-corrected chi connectivity index (χ0v) is 17.8. The Kier molecular flexibility index (Phi) is 5.02. The van der Waals surface area contributed by atoms with E-state index in [-0.39, 0.29) is 23.3 Å². The number of nitrogens with one attached hydrogen (secondary N) is 1. The molecule has 1 amide bonds. The molecule has 31 heavy (non-hydrogen) atoms. The van der Waals surface area contributed by atoms with E-state index in [1.165, 1.54) is 0 Å². The molecule has 3 aromatic rings. The predicted octanol–water partition coefficient (Wildman–Crippen LogP) is 2.47. The van der Waals surface area contributed by atoms with Gasteiger partial charge >= 0.3 is 0 Å². The molecule has 0 saturated carbocycles. The van der Waals surface area contributed by atoms with E-state index in [0.29, 0.717) is 13.1 Å². The summed E-state index contributed by atoms with van der Waals surface area (Å²) < 4.78 is 7.79. The van der Waals surface area contributed by atoms with Crippen LogP contribution in [0.3, 0.4) is 0 Å². The van der Waals surface area contributed by atoms with E-state index in [1.807, 2.05) is 44.3 Å². The standard InChI is InChI=1S/C23H27N5O3/c1-3-26(2)23(30)22-16-11-15(19-5-4-6-21(29)28(19)22)12-27(13-16)14-17-7-8-20(31-17)18-9-10-24-25-18/h4-10,15-16,22H,3,11-14H2,1-2H3,(H,24,25)/t15-,16+,22-/m1/s1. The van der Waals surface area contributed by atoms with Gasteiger partial charge in [0.1, 0.15) is 17.5 Å². The minimum atomic E-state index is -0.454.